The Balaban J connectivity index is 1.48. The highest BCUT2D eigenvalue weighted by Crippen LogP contribution is 2.38. The predicted octanol–water partition coefficient (Wildman–Crippen LogP) is 7.22. The summed E-state index contributed by atoms with van der Waals surface area (Å²) in [7, 11) is -0.466. The smallest absolute Gasteiger partial charge is 0.486 e. The van der Waals surface area contributed by atoms with Crippen molar-refractivity contribution in [3.8, 4) is 5.75 Å². The van der Waals surface area contributed by atoms with Gasteiger partial charge in [-0.05, 0) is 78.2 Å². The second-order valence-corrected chi connectivity index (χ2v) is 11.4. The number of ether oxygens (including phenoxy) is 2. The quantitative estimate of drug-likeness (QED) is 0.306. The summed E-state index contributed by atoms with van der Waals surface area (Å²) in [5.41, 5.74) is 1.64. The molecule has 0 spiro atoms. The lowest BCUT2D eigenvalue weighted by atomic mass is 9.89. The molecule has 2 atom stereocenters. The predicted molar refractivity (Wildman–Crippen MR) is 147 cm³/mol. The molecule has 5 rings (SSSR count). The molecule has 4 heterocycles. The monoisotopic (exact) mass is 543 g/mol. The van der Waals surface area contributed by atoms with Crippen LogP contribution in [-0.2, 0) is 14.0 Å². The van der Waals surface area contributed by atoms with Gasteiger partial charge < -0.3 is 18.8 Å². The molecule has 0 bridgehead atoms. The zero-order valence-corrected chi connectivity index (χ0v) is 23.3. The summed E-state index contributed by atoms with van der Waals surface area (Å²) < 4.78 is 26.6. The van der Waals surface area contributed by atoms with Crippen LogP contribution in [0, 0.1) is 0 Å². The van der Waals surface area contributed by atoms with Gasteiger partial charge in [-0.2, -0.15) is 5.10 Å². The summed E-state index contributed by atoms with van der Waals surface area (Å²) in [6, 6.07) is 5.94. The van der Waals surface area contributed by atoms with Crippen molar-refractivity contribution in [2.75, 3.05) is 6.61 Å². The molecule has 1 aromatic carbocycles. The first-order valence-electron chi connectivity index (χ1n) is 12.7. The Bertz CT molecular complexity index is 1280. The van der Waals surface area contributed by atoms with E-state index in [0.29, 0.717) is 21.4 Å². The average Bonchev–Trinajstić information content (AvgIpc) is 3.30. The van der Waals surface area contributed by atoms with Gasteiger partial charge in [0.05, 0.1) is 32.5 Å². The van der Waals surface area contributed by atoms with Crippen molar-refractivity contribution in [2.24, 2.45) is 0 Å². The molecule has 0 saturated carbocycles. The largest absolute Gasteiger partial charge is 0.487 e. The number of aromatic nitrogens is 3. The van der Waals surface area contributed by atoms with Crippen molar-refractivity contribution >= 4 is 47.3 Å². The Hall–Kier alpha value is -2.10. The zero-order valence-electron chi connectivity index (χ0n) is 21.8. The standard InChI is InChI=1S/C27H32BCl2N3O4/c1-17(25-20(29)15-31-16-21(25)30)35-18-9-10-23-19(14-18)22(32-33(23)24-8-6-7-13-34-24)11-12-28-36-26(2,3)27(4,5)37-28/h9-12,14-17,24H,6-8,13H2,1-5H3/b12-11+. The summed E-state index contributed by atoms with van der Waals surface area (Å²) in [4.78, 5) is 4.03. The van der Waals surface area contributed by atoms with Crippen molar-refractivity contribution in [2.45, 2.75) is 77.4 Å². The lowest BCUT2D eigenvalue weighted by molar-refractivity contribution is -0.0367. The minimum absolute atomic E-state index is 0.102. The van der Waals surface area contributed by atoms with Gasteiger partial charge in [0.2, 0.25) is 0 Å². The van der Waals surface area contributed by atoms with E-state index in [2.05, 4.69) is 4.98 Å². The summed E-state index contributed by atoms with van der Waals surface area (Å²) in [5, 5.41) is 6.82. The number of nitrogens with zero attached hydrogens (tertiary/aromatic N) is 3. The molecular weight excluding hydrogens is 512 g/mol. The fourth-order valence-corrected chi connectivity index (χ4v) is 5.36. The Morgan fingerprint density at radius 1 is 1.11 bits per heavy atom. The van der Waals surface area contributed by atoms with Crippen molar-refractivity contribution in [3.63, 3.8) is 0 Å². The Morgan fingerprint density at radius 3 is 2.46 bits per heavy atom. The molecule has 0 aliphatic carbocycles. The van der Waals surface area contributed by atoms with E-state index in [-0.39, 0.29) is 12.3 Å². The first kappa shape index (κ1) is 26.5. The van der Waals surface area contributed by atoms with Crippen molar-refractivity contribution < 1.29 is 18.8 Å². The van der Waals surface area contributed by atoms with Crippen LogP contribution < -0.4 is 4.74 Å². The molecule has 2 unspecified atom stereocenters. The second kappa shape index (κ2) is 10.2. The Morgan fingerprint density at radius 2 is 1.81 bits per heavy atom. The summed E-state index contributed by atoms with van der Waals surface area (Å²) in [6.45, 7) is 10.8. The van der Waals surface area contributed by atoms with E-state index in [4.69, 9.17) is 47.1 Å². The van der Waals surface area contributed by atoms with Gasteiger partial charge >= 0.3 is 7.12 Å². The number of halogens is 2. The van der Waals surface area contributed by atoms with Crippen LogP contribution in [0.5, 0.6) is 5.75 Å². The van der Waals surface area contributed by atoms with E-state index >= 15 is 0 Å². The Labute approximate surface area is 228 Å². The highest BCUT2D eigenvalue weighted by Gasteiger charge is 2.50. The molecule has 3 aromatic rings. The van der Waals surface area contributed by atoms with Crippen LogP contribution in [0.4, 0.5) is 0 Å². The maximum Gasteiger partial charge on any atom is 0.487 e. The molecule has 2 aromatic heterocycles. The number of pyridine rings is 1. The summed E-state index contributed by atoms with van der Waals surface area (Å²) in [5.74, 6) is 2.59. The third-order valence-corrected chi connectivity index (χ3v) is 8.03. The molecule has 0 amide bonds. The Kier molecular flexibility index (Phi) is 7.33. The van der Waals surface area contributed by atoms with Gasteiger partial charge in [0, 0.05) is 30.0 Å². The van der Waals surface area contributed by atoms with Gasteiger partial charge in [-0.15, -0.1) is 0 Å². The number of rotatable bonds is 6. The molecule has 2 fully saturated rings. The fourth-order valence-electron chi connectivity index (χ4n) is 4.69. The minimum Gasteiger partial charge on any atom is -0.486 e. The molecule has 2 aliphatic rings. The normalized spacial score (nSPS) is 22.1. The van der Waals surface area contributed by atoms with Gasteiger partial charge in [0.15, 0.2) is 6.23 Å². The van der Waals surface area contributed by atoms with Crippen LogP contribution in [0.15, 0.2) is 36.6 Å². The highest BCUT2D eigenvalue weighted by atomic mass is 35.5. The zero-order chi connectivity index (χ0) is 26.4. The van der Waals surface area contributed by atoms with Crippen LogP contribution in [0.1, 0.15) is 77.5 Å². The van der Waals surface area contributed by atoms with Crippen LogP contribution in [-0.4, -0.2) is 39.7 Å². The van der Waals surface area contributed by atoms with Crippen molar-refractivity contribution in [3.05, 3.63) is 57.9 Å². The van der Waals surface area contributed by atoms with Crippen LogP contribution >= 0.6 is 23.2 Å². The van der Waals surface area contributed by atoms with E-state index in [1.54, 1.807) is 12.4 Å². The van der Waals surface area contributed by atoms with Crippen molar-refractivity contribution in [1.29, 1.82) is 0 Å². The lowest BCUT2D eigenvalue weighted by Crippen LogP contribution is -2.41. The molecule has 196 valence electrons. The van der Waals surface area contributed by atoms with E-state index in [0.717, 1.165) is 42.5 Å². The lowest BCUT2D eigenvalue weighted by Gasteiger charge is -2.32. The summed E-state index contributed by atoms with van der Waals surface area (Å²) in [6.07, 6.45) is 7.71. The minimum atomic E-state index is -0.466. The first-order chi connectivity index (χ1) is 17.6. The van der Waals surface area contributed by atoms with Gasteiger partial charge in [-0.3, -0.25) is 4.98 Å². The first-order valence-corrected chi connectivity index (χ1v) is 13.4. The third-order valence-electron chi connectivity index (χ3n) is 7.43. The molecule has 2 saturated heterocycles. The van der Waals surface area contributed by atoms with E-state index in [1.807, 2.05) is 69.6 Å². The number of fused-ring (bicyclic) bond motifs is 1. The number of hydrogen-bond donors (Lipinski definition) is 0. The molecule has 2 aliphatic heterocycles. The van der Waals surface area contributed by atoms with E-state index in [1.165, 1.54) is 0 Å². The number of benzene rings is 1. The molecule has 37 heavy (non-hydrogen) atoms. The molecule has 7 nitrogen and oxygen atoms in total. The summed E-state index contributed by atoms with van der Waals surface area (Å²) >= 11 is 12.7. The van der Waals surface area contributed by atoms with Gasteiger partial charge in [0.1, 0.15) is 11.9 Å². The topological polar surface area (TPSA) is 67.6 Å². The van der Waals surface area contributed by atoms with Crippen LogP contribution in [0.2, 0.25) is 10.0 Å². The van der Waals surface area contributed by atoms with Gasteiger partial charge in [-0.25, -0.2) is 4.68 Å². The molecule has 10 heteroatoms. The van der Waals surface area contributed by atoms with Gasteiger partial charge in [0.25, 0.3) is 0 Å². The van der Waals surface area contributed by atoms with Crippen LogP contribution in [0.25, 0.3) is 17.0 Å². The molecular formula is C27H32BCl2N3O4. The number of hydrogen-bond acceptors (Lipinski definition) is 6. The maximum atomic E-state index is 6.36. The SMILES string of the molecule is CC(Oc1ccc2c(c1)c(/C=C/B1OC(C)(C)C(C)(C)O1)nn2C1CCCCO1)c1c(Cl)cncc1Cl. The van der Waals surface area contributed by atoms with Gasteiger partial charge in [-0.1, -0.05) is 29.2 Å². The maximum absolute atomic E-state index is 6.36. The second-order valence-electron chi connectivity index (χ2n) is 10.6. The van der Waals surface area contributed by atoms with E-state index < -0.39 is 18.3 Å². The molecule has 0 radical (unpaired) electrons. The van der Waals surface area contributed by atoms with E-state index in [9.17, 15) is 0 Å². The fraction of sp³-hybridized carbons (Fsp3) is 0.481. The van der Waals surface area contributed by atoms with Crippen molar-refractivity contribution in [1.82, 2.24) is 14.8 Å². The highest BCUT2D eigenvalue weighted by molar-refractivity contribution is 6.52. The third kappa shape index (κ3) is 5.27. The average molecular weight is 544 g/mol. The van der Waals surface area contributed by atoms with Crippen LogP contribution in [0.3, 0.4) is 0 Å². The molecule has 0 N–H and O–H groups in total.